The average molecular weight is 354 g/mol. The number of amides is 1. The average Bonchev–Trinajstić information content (AvgIpc) is 3.22. The molecule has 4 rings (SSSR count). The maximum absolute atomic E-state index is 13.0. The van der Waals surface area contributed by atoms with E-state index in [1.54, 1.807) is 0 Å². The van der Waals surface area contributed by atoms with Crippen molar-refractivity contribution < 1.29 is 9.53 Å². The number of carbonyl (C=O) groups is 1. The van der Waals surface area contributed by atoms with Crippen LogP contribution in [0.1, 0.15) is 56.7 Å². The van der Waals surface area contributed by atoms with Gasteiger partial charge in [-0.05, 0) is 44.7 Å². The number of para-hydroxylation sites is 1. The van der Waals surface area contributed by atoms with Gasteiger partial charge in [-0.1, -0.05) is 24.6 Å². The monoisotopic (exact) mass is 354 g/mol. The van der Waals surface area contributed by atoms with Gasteiger partial charge in [-0.25, -0.2) is 0 Å². The third-order valence-corrected chi connectivity index (χ3v) is 5.38. The van der Waals surface area contributed by atoms with Crippen LogP contribution in [0.4, 0.5) is 0 Å². The lowest BCUT2D eigenvalue weighted by atomic mass is 10.2. The molecule has 26 heavy (non-hydrogen) atoms. The summed E-state index contributed by atoms with van der Waals surface area (Å²) in [4.78, 5) is 15.0. The van der Waals surface area contributed by atoms with E-state index >= 15 is 0 Å². The lowest BCUT2D eigenvalue weighted by Gasteiger charge is -2.27. The molecule has 6 nitrogen and oxygen atoms in total. The summed E-state index contributed by atoms with van der Waals surface area (Å²) in [6.07, 6.45) is 5.99. The van der Waals surface area contributed by atoms with Crippen molar-refractivity contribution in [1.29, 1.82) is 0 Å². The minimum absolute atomic E-state index is 0.0173. The van der Waals surface area contributed by atoms with Crippen molar-refractivity contribution in [3.8, 4) is 5.75 Å². The predicted octanol–water partition coefficient (Wildman–Crippen LogP) is 3.14. The minimum atomic E-state index is -0.510. The van der Waals surface area contributed by atoms with Gasteiger partial charge < -0.3 is 14.2 Å². The van der Waals surface area contributed by atoms with Crippen molar-refractivity contribution >= 4 is 5.91 Å². The van der Waals surface area contributed by atoms with Gasteiger partial charge in [0.25, 0.3) is 5.91 Å². The van der Waals surface area contributed by atoms with Gasteiger partial charge in [0.05, 0.1) is 6.04 Å². The van der Waals surface area contributed by atoms with Crippen LogP contribution in [0.2, 0.25) is 0 Å². The fourth-order valence-corrected chi connectivity index (χ4v) is 4.04. The summed E-state index contributed by atoms with van der Waals surface area (Å²) in [6.45, 7) is 3.55. The Morgan fingerprint density at radius 1 is 1.12 bits per heavy atom. The van der Waals surface area contributed by atoms with Crippen molar-refractivity contribution in [2.24, 2.45) is 0 Å². The van der Waals surface area contributed by atoms with Crippen LogP contribution in [0, 0.1) is 0 Å². The standard InChI is InChI=1S/C20H26N4O2/c1-15(26-16-9-4-2-5-10-16)20(25)23-14-8-11-17(23)19-22-21-18-12-6-3-7-13-24(18)19/h2,4-5,9-10,15,17H,3,6-8,11-14H2,1H3/t15-,17-/m0/s1. The maximum atomic E-state index is 13.0. The molecule has 1 fully saturated rings. The Labute approximate surface area is 154 Å². The molecule has 1 saturated heterocycles. The number of aryl methyl sites for hydroxylation is 1. The van der Waals surface area contributed by atoms with Crippen molar-refractivity contribution in [3.63, 3.8) is 0 Å². The van der Waals surface area contributed by atoms with Crippen LogP contribution >= 0.6 is 0 Å². The van der Waals surface area contributed by atoms with E-state index in [2.05, 4.69) is 14.8 Å². The molecular weight excluding hydrogens is 328 g/mol. The predicted molar refractivity (Wildman–Crippen MR) is 97.8 cm³/mol. The van der Waals surface area contributed by atoms with Gasteiger partial charge in [0.1, 0.15) is 11.6 Å². The number of ether oxygens (including phenoxy) is 1. The fraction of sp³-hybridized carbons (Fsp3) is 0.550. The number of benzene rings is 1. The molecule has 2 aliphatic heterocycles. The summed E-state index contributed by atoms with van der Waals surface area (Å²) < 4.78 is 8.11. The summed E-state index contributed by atoms with van der Waals surface area (Å²) in [5, 5.41) is 8.89. The van der Waals surface area contributed by atoms with E-state index in [9.17, 15) is 4.79 Å². The van der Waals surface area contributed by atoms with E-state index in [1.165, 1.54) is 12.8 Å². The number of likely N-dealkylation sites (tertiary alicyclic amines) is 1. The lowest BCUT2D eigenvalue weighted by Crippen LogP contribution is -2.40. The van der Waals surface area contributed by atoms with Gasteiger partial charge in [0, 0.05) is 19.5 Å². The van der Waals surface area contributed by atoms with Crippen LogP contribution in [0.15, 0.2) is 30.3 Å². The van der Waals surface area contributed by atoms with E-state index in [0.29, 0.717) is 0 Å². The molecule has 3 heterocycles. The molecule has 2 aliphatic rings. The van der Waals surface area contributed by atoms with Gasteiger partial charge in [-0.2, -0.15) is 0 Å². The normalized spacial score (nSPS) is 21.1. The SMILES string of the molecule is C[C@H](Oc1ccccc1)C(=O)N1CCC[C@H]1c1nnc2n1CCCCC2. The number of hydrogen-bond acceptors (Lipinski definition) is 4. The zero-order valence-corrected chi connectivity index (χ0v) is 15.3. The van der Waals surface area contributed by atoms with Gasteiger partial charge >= 0.3 is 0 Å². The summed E-state index contributed by atoms with van der Waals surface area (Å²) >= 11 is 0. The Hall–Kier alpha value is -2.37. The Balaban J connectivity index is 1.51. The highest BCUT2D eigenvalue weighted by Crippen LogP contribution is 2.33. The zero-order chi connectivity index (χ0) is 17.9. The third-order valence-electron chi connectivity index (χ3n) is 5.38. The molecular formula is C20H26N4O2. The van der Waals surface area contributed by atoms with Crippen molar-refractivity contribution in [2.45, 2.75) is 64.1 Å². The second-order valence-electron chi connectivity index (χ2n) is 7.20. The first-order valence-electron chi connectivity index (χ1n) is 9.68. The third kappa shape index (κ3) is 3.32. The van der Waals surface area contributed by atoms with Crippen LogP contribution in [0.5, 0.6) is 5.75 Å². The number of rotatable bonds is 4. The van der Waals surface area contributed by atoms with Gasteiger partial charge in [-0.3, -0.25) is 4.79 Å². The molecule has 0 spiro atoms. The Kier molecular flexibility index (Phi) is 4.91. The first-order valence-corrected chi connectivity index (χ1v) is 9.68. The molecule has 1 aromatic heterocycles. The highest BCUT2D eigenvalue weighted by molar-refractivity contribution is 5.81. The van der Waals surface area contributed by atoms with Crippen LogP contribution < -0.4 is 4.74 Å². The zero-order valence-electron chi connectivity index (χ0n) is 15.3. The summed E-state index contributed by atoms with van der Waals surface area (Å²) in [5.74, 6) is 2.79. The second-order valence-corrected chi connectivity index (χ2v) is 7.20. The Morgan fingerprint density at radius 2 is 1.96 bits per heavy atom. The molecule has 0 saturated carbocycles. The van der Waals surface area contributed by atoms with E-state index in [1.807, 2.05) is 42.2 Å². The molecule has 1 amide bonds. The minimum Gasteiger partial charge on any atom is -0.481 e. The Bertz CT molecular complexity index is 758. The molecule has 2 atom stereocenters. The van der Waals surface area contributed by atoms with Crippen LogP contribution in [-0.2, 0) is 17.8 Å². The smallest absolute Gasteiger partial charge is 0.263 e. The fourth-order valence-electron chi connectivity index (χ4n) is 4.04. The van der Waals surface area contributed by atoms with Gasteiger partial charge in [0.15, 0.2) is 11.9 Å². The first-order chi connectivity index (χ1) is 12.7. The van der Waals surface area contributed by atoms with Crippen molar-refractivity contribution in [3.05, 3.63) is 42.0 Å². The molecule has 138 valence electrons. The highest BCUT2D eigenvalue weighted by atomic mass is 16.5. The number of fused-ring (bicyclic) bond motifs is 1. The van der Waals surface area contributed by atoms with Gasteiger partial charge in [-0.15, -0.1) is 10.2 Å². The molecule has 2 aromatic rings. The number of nitrogens with zero attached hydrogens (tertiary/aromatic N) is 4. The largest absolute Gasteiger partial charge is 0.481 e. The van der Waals surface area contributed by atoms with Crippen LogP contribution in [-0.4, -0.2) is 38.2 Å². The molecule has 0 unspecified atom stereocenters. The summed E-state index contributed by atoms with van der Waals surface area (Å²) in [7, 11) is 0. The molecule has 1 aromatic carbocycles. The first kappa shape index (κ1) is 17.1. The van der Waals surface area contributed by atoms with Crippen LogP contribution in [0.25, 0.3) is 0 Å². The number of hydrogen-bond donors (Lipinski definition) is 0. The number of carbonyl (C=O) groups excluding carboxylic acids is 1. The molecule has 0 N–H and O–H groups in total. The lowest BCUT2D eigenvalue weighted by molar-refractivity contribution is -0.139. The van der Waals surface area contributed by atoms with E-state index in [4.69, 9.17) is 4.74 Å². The summed E-state index contributed by atoms with van der Waals surface area (Å²) in [6, 6.07) is 9.54. The van der Waals surface area contributed by atoms with E-state index in [0.717, 1.165) is 56.2 Å². The highest BCUT2D eigenvalue weighted by Gasteiger charge is 2.36. The molecule has 0 aliphatic carbocycles. The topological polar surface area (TPSA) is 60.2 Å². The van der Waals surface area contributed by atoms with Crippen molar-refractivity contribution in [1.82, 2.24) is 19.7 Å². The molecule has 6 heteroatoms. The molecule has 0 bridgehead atoms. The second kappa shape index (κ2) is 7.48. The van der Waals surface area contributed by atoms with Crippen molar-refractivity contribution in [2.75, 3.05) is 6.54 Å². The van der Waals surface area contributed by atoms with E-state index < -0.39 is 6.10 Å². The van der Waals surface area contributed by atoms with Crippen LogP contribution in [0.3, 0.4) is 0 Å². The number of aromatic nitrogens is 3. The van der Waals surface area contributed by atoms with E-state index in [-0.39, 0.29) is 11.9 Å². The summed E-state index contributed by atoms with van der Waals surface area (Å²) in [5.41, 5.74) is 0. The molecule has 0 radical (unpaired) electrons. The van der Waals surface area contributed by atoms with Gasteiger partial charge in [0.2, 0.25) is 0 Å². The maximum Gasteiger partial charge on any atom is 0.263 e. The Morgan fingerprint density at radius 3 is 2.81 bits per heavy atom. The quantitative estimate of drug-likeness (QED) is 0.846.